The van der Waals surface area contributed by atoms with Crippen LogP contribution in [0.5, 0.6) is 0 Å². The maximum Gasteiger partial charge on any atom is 0.352 e. The molecule has 0 saturated carbocycles. The van der Waals surface area contributed by atoms with Crippen molar-refractivity contribution in [1.82, 2.24) is 15.2 Å². The third kappa shape index (κ3) is 1.80. The first kappa shape index (κ1) is 13.2. The summed E-state index contributed by atoms with van der Waals surface area (Å²) >= 11 is 0. The molecule has 1 amide bonds. The van der Waals surface area contributed by atoms with Gasteiger partial charge in [-0.05, 0) is 35.6 Å². The molecule has 4 rings (SSSR count). The van der Waals surface area contributed by atoms with Gasteiger partial charge in [-0.15, -0.1) is 0 Å². The van der Waals surface area contributed by atoms with Gasteiger partial charge in [0, 0.05) is 18.9 Å². The van der Waals surface area contributed by atoms with Gasteiger partial charge < -0.3 is 10.4 Å². The minimum Gasteiger partial charge on any atom is -0.477 e. The van der Waals surface area contributed by atoms with Crippen LogP contribution < -0.4 is 5.32 Å². The van der Waals surface area contributed by atoms with Crippen LogP contribution in [-0.4, -0.2) is 45.5 Å². The highest BCUT2D eigenvalue weighted by Crippen LogP contribution is 2.43. The molecule has 4 heterocycles. The number of nitrogens with zero attached hydrogens (tertiary/aromatic N) is 2. The topological polar surface area (TPSA) is 82.5 Å². The summed E-state index contributed by atoms with van der Waals surface area (Å²) in [6.45, 7) is 0.761. The van der Waals surface area contributed by atoms with E-state index in [0.29, 0.717) is 17.9 Å². The fourth-order valence-corrected chi connectivity index (χ4v) is 3.64. The van der Waals surface area contributed by atoms with Crippen LogP contribution in [0.25, 0.3) is 6.08 Å². The first-order chi connectivity index (χ1) is 10.7. The molecule has 2 fully saturated rings. The monoisotopic (exact) mass is 297 g/mol. The Balaban J connectivity index is 1.72. The first-order valence-electron chi connectivity index (χ1n) is 7.28. The van der Waals surface area contributed by atoms with Crippen molar-refractivity contribution in [3.8, 4) is 0 Å². The largest absolute Gasteiger partial charge is 0.477 e. The highest BCUT2D eigenvalue weighted by molar-refractivity contribution is 6.01. The van der Waals surface area contributed by atoms with E-state index in [-0.39, 0.29) is 23.7 Å². The van der Waals surface area contributed by atoms with Crippen molar-refractivity contribution in [2.45, 2.75) is 18.5 Å². The van der Waals surface area contributed by atoms with Gasteiger partial charge in [0.2, 0.25) is 5.91 Å². The van der Waals surface area contributed by atoms with E-state index in [1.165, 1.54) is 4.90 Å². The third-order valence-electron chi connectivity index (χ3n) is 4.64. The number of pyridine rings is 1. The fraction of sp³-hybridized carbons (Fsp3) is 0.312. The Morgan fingerprint density at radius 3 is 2.86 bits per heavy atom. The highest BCUT2D eigenvalue weighted by atomic mass is 16.4. The predicted molar refractivity (Wildman–Crippen MR) is 78.5 cm³/mol. The maximum absolute atomic E-state index is 12.1. The summed E-state index contributed by atoms with van der Waals surface area (Å²) in [4.78, 5) is 29.2. The molecule has 112 valence electrons. The lowest BCUT2D eigenvalue weighted by Gasteiger charge is -2.48. The molecule has 0 spiro atoms. The predicted octanol–water partition coefficient (Wildman–Crippen LogP) is 0.636. The number of carbonyl (C=O) groups is 2. The second-order valence-corrected chi connectivity index (χ2v) is 5.84. The van der Waals surface area contributed by atoms with E-state index in [0.717, 1.165) is 12.1 Å². The van der Waals surface area contributed by atoms with E-state index in [1.54, 1.807) is 12.4 Å². The summed E-state index contributed by atoms with van der Waals surface area (Å²) in [7, 11) is 0. The molecule has 0 aliphatic carbocycles. The van der Waals surface area contributed by atoms with Crippen LogP contribution in [0, 0.1) is 5.92 Å². The van der Waals surface area contributed by atoms with Crippen LogP contribution in [0.15, 0.2) is 41.9 Å². The molecule has 6 nitrogen and oxygen atoms in total. The summed E-state index contributed by atoms with van der Waals surface area (Å²) in [5, 5.41) is 12.7. The average molecular weight is 297 g/mol. The van der Waals surface area contributed by atoms with Crippen molar-refractivity contribution in [2.24, 2.45) is 5.92 Å². The van der Waals surface area contributed by atoms with Gasteiger partial charge in [-0.2, -0.15) is 0 Å². The Hall–Kier alpha value is -2.47. The highest BCUT2D eigenvalue weighted by Gasteiger charge is 2.59. The molecule has 1 aromatic heterocycles. The van der Waals surface area contributed by atoms with E-state index < -0.39 is 5.97 Å². The Morgan fingerprint density at radius 2 is 2.14 bits per heavy atom. The maximum atomic E-state index is 12.1. The molecule has 0 bridgehead atoms. The lowest BCUT2D eigenvalue weighted by molar-refractivity contribution is -0.153. The third-order valence-corrected chi connectivity index (χ3v) is 4.64. The van der Waals surface area contributed by atoms with Crippen LogP contribution in [0.4, 0.5) is 0 Å². The van der Waals surface area contributed by atoms with Gasteiger partial charge in [-0.25, -0.2) is 4.79 Å². The Kier molecular flexibility index (Phi) is 2.87. The van der Waals surface area contributed by atoms with E-state index in [9.17, 15) is 14.7 Å². The number of β-lactam (4-membered cyclic amide) rings is 1. The SMILES string of the molecule is O=C(O)C1=C(/C=C/c2ccncc2)CC2CNC3C(=O)N1[C@H]23. The number of amides is 1. The zero-order valence-electron chi connectivity index (χ0n) is 11.8. The molecule has 2 saturated heterocycles. The summed E-state index contributed by atoms with van der Waals surface area (Å²) in [5.74, 6) is -0.867. The van der Waals surface area contributed by atoms with Crippen LogP contribution in [0.3, 0.4) is 0 Å². The minimum absolute atomic E-state index is 0.0108. The average Bonchev–Trinajstić information content (AvgIpc) is 2.93. The number of carboxylic acid groups (broad SMARTS) is 1. The number of carboxylic acids is 1. The van der Waals surface area contributed by atoms with Gasteiger partial charge in [-0.1, -0.05) is 12.2 Å². The number of carbonyl (C=O) groups excluding carboxylic acids is 1. The minimum atomic E-state index is -1.04. The molecule has 0 radical (unpaired) electrons. The molecule has 6 heteroatoms. The van der Waals surface area contributed by atoms with Crippen molar-refractivity contribution in [1.29, 1.82) is 0 Å². The van der Waals surface area contributed by atoms with Crippen molar-refractivity contribution in [3.63, 3.8) is 0 Å². The van der Waals surface area contributed by atoms with E-state index in [1.807, 2.05) is 24.3 Å². The molecule has 22 heavy (non-hydrogen) atoms. The number of hydrogen-bond acceptors (Lipinski definition) is 4. The number of aliphatic carboxylic acids is 1. The molecular formula is C16H15N3O3. The number of nitrogens with one attached hydrogen (secondary N) is 1. The molecule has 2 unspecified atom stereocenters. The smallest absolute Gasteiger partial charge is 0.352 e. The second kappa shape index (κ2) is 4.78. The van der Waals surface area contributed by atoms with E-state index in [2.05, 4.69) is 10.3 Å². The lowest BCUT2D eigenvalue weighted by Crippen LogP contribution is -2.68. The summed E-state index contributed by atoms with van der Waals surface area (Å²) in [6.07, 6.45) is 7.74. The number of aromatic nitrogens is 1. The van der Waals surface area contributed by atoms with Crippen molar-refractivity contribution >= 4 is 18.0 Å². The summed E-state index contributed by atoms with van der Waals surface area (Å²) < 4.78 is 0. The van der Waals surface area contributed by atoms with E-state index >= 15 is 0 Å². The zero-order chi connectivity index (χ0) is 15.3. The van der Waals surface area contributed by atoms with Crippen LogP contribution >= 0.6 is 0 Å². The molecule has 3 aliphatic heterocycles. The Morgan fingerprint density at radius 1 is 1.36 bits per heavy atom. The van der Waals surface area contributed by atoms with Crippen LogP contribution in [-0.2, 0) is 9.59 Å². The van der Waals surface area contributed by atoms with E-state index in [4.69, 9.17) is 0 Å². The second-order valence-electron chi connectivity index (χ2n) is 5.84. The normalized spacial score (nSPS) is 29.7. The fourth-order valence-electron chi connectivity index (χ4n) is 3.64. The van der Waals surface area contributed by atoms with Gasteiger partial charge >= 0.3 is 5.97 Å². The number of allylic oxidation sites excluding steroid dienone is 2. The molecular weight excluding hydrogens is 282 g/mol. The van der Waals surface area contributed by atoms with Crippen LogP contribution in [0.2, 0.25) is 0 Å². The first-order valence-corrected chi connectivity index (χ1v) is 7.28. The lowest BCUT2D eigenvalue weighted by atomic mass is 9.79. The number of hydrogen-bond donors (Lipinski definition) is 2. The van der Waals surface area contributed by atoms with Gasteiger partial charge in [0.1, 0.15) is 11.7 Å². The molecule has 3 aliphatic rings. The summed E-state index contributed by atoms with van der Waals surface area (Å²) in [6, 6.07) is 3.53. The molecule has 3 atom stereocenters. The van der Waals surface area contributed by atoms with Crippen molar-refractivity contribution in [2.75, 3.05) is 6.54 Å². The molecule has 0 aromatic carbocycles. The van der Waals surface area contributed by atoms with Gasteiger partial charge in [0.25, 0.3) is 0 Å². The zero-order valence-corrected chi connectivity index (χ0v) is 11.8. The van der Waals surface area contributed by atoms with Gasteiger partial charge in [0.05, 0.1) is 6.04 Å². The standard InChI is InChI=1S/C16H15N3O3/c20-15-12-13-11(8-18-12)7-10(14(16(21)22)19(13)15)2-1-9-3-5-17-6-4-9/h1-6,11-13,18H,7-8H2,(H,21,22)/b2-1+/t11?,12?,13-/m1/s1. The summed E-state index contributed by atoms with van der Waals surface area (Å²) in [5.41, 5.74) is 1.80. The van der Waals surface area contributed by atoms with Crippen molar-refractivity contribution < 1.29 is 14.7 Å². The van der Waals surface area contributed by atoms with Crippen molar-refractivity contribution in [3.05, 3.63) is 47.4 Å². The van der Waals surface area contributed by atoms with Gasteiger partial charge in [0.15, 0.2) is 0 Å². The molecule has 2 N–H and O–H groups in total. The number of rotatable bonds is 3. The van der Waals surface area contributed by atoms with Crippen LogP contribution in [0.1, 0.15) is 12.0 Å². The Labute approximate surface area is 127 Å². The molecule has 1 aromatic rings. The Bertz CT molecular complexity index is 711. The van der Waals surface area contributed by atoms with Gasteiger partial charge in [-0.3, -0.25) is 14.7 Å². The quantitative estimate of drug-likeness (QED) is 0.800.